The predicted molar refractivity (Wildman–Crippen MR) is 198 cm³/mol. The Morgan fingerprint density at radius 3 is 2.43 bits per heavy atom. The lowest BCUT2D eigenvalue weighted by Gasteiger charge is -2.32. The fraction of sp³-hybridized carbons (Fsp3) is 0.250. The number of hydrogen-bond acceptors (Lipinski definition) is 5. The Balaban J connectivity index is 1.11. The summed E-state index contributed by atoms with van der Waals surface area (Å²) in [4.78, 5) is 25.5. The molecule has 2 aromatic heterocycles. The van der Waals surface area contributed by atoms with E-state index < -0.39 is 0 Å². The van der Waals surface area contributed by atoms with E-state index in [1.165, 1.54) is 0 Å². The summed E-state index contributed by atoms with van der Waals surface area (Å²) >= 11 is 0. The van der Waals surface area contributed by atoms with Crippen molar-refractivity contribution in [1.29, 1.82) is 5.41 Å². The molecule has 0 unspecified atom stereocenters. The summed E-state index contributed by atoms with van der Waals surface area (Å²) in [5.41, 5.74) is 11.3. The lowest BCUT2D eigenvalue weighted by molar-refractivity contribution is 0.237. The summed E-state index contributed by atoms with van der Waals surface area (Å²) in [5.74, 6) is 1.94. The summed E-state index contributed by atoms with van der Waals surface area (Å²) < 4.78 is 2.13. The minimum Gasteiger partial charge on any atom is -0.384 e. The molecule has 2 amide bonds. The molecule has 1 aliphatic carbocycles. The number of imidazole rings is 1. The van der Waals surface area contributed by atoms with Crippen LogP contribution in [0.4, 0.5) is 16.3 Å². The molecule has 5 N–H and O–H groups in total. The van der Waals surface area contributed by atoms with Gasteiger partial charge < -0.3 is 20.9 Å². The molecule has 0 spiro atoms. The number of anilines is 2. The van der Waals surface area contributed by atoms with Gasteiger partial charge in [0, 0.05) is 43.0 Å². The van der Waals surface area contributed by atoms with Crippen LogP contribution in [0.2, 0.25) is 0 Å². The number of nitrogens with two attached hydrogens (primary N) is 1. The third-order valence-corrected chi connectivity index (χ3v) is 9.70. The highest BCUT2D eigenvalue weighted by Crippen LogP contribution is 2.28. The number of aryl methyl sites for hydroxylation is 3. The van der Waals surface area contributed by atoms with E-state index in [-0.39, 0.29) is 17.9 Å². The summed E-state index contributed by atoms with van der Waals surface area (Å²) in [5, 5.41) is 16.9. The van der Waals surface area contributed by atoms with Gasteiger partial charge >= 0.3 is 6.03 Å². The summed E-state index contributed by atoms with van der Waals surface area (Å²) in [7, 11) is 2.04. The van der Waals surface area contributed by atoms with Crippen LogP contribution in [0.5, 0.6) is 0 Å². The highest BCUT2D eigenvalue weighted by molar-refractivity contribution is 5.96. The van der Waals surface area contributed by atoms with Gasteiger partial charge in [0.25, 0.3) is 0 Å². The number of urea groups is 1. The number of aromatic nitrogens is 3. The Kier molecular flexibility index (Phi) is 9.23. The van der Waals surface area contributed by atoms with Crippen molar-refractivity contribution in [3.8, 4) is 0 Å². The van der Waals surface area contributed by atoms with Crippen LogP contribution in [-0.2, 0) is 26.4 Å². The molecule has 1 saturated carbocycles. The molecule has 9 heteroatoms. The molecular weight excluding hydrogens is 608 g/mol. The molecule has 0 aliphatic heterocycles. The van der Waals surface area contributed by atoms with Crippen LogP contribution in [0.1, 0.15) is 48.2 Å². The number of carbonyl (C=O) groups is 1. The van der Waals surface area contributed by atoms with Crippen molar-refractivity contribution >= 4 is 45.2 Å². The first-order chi connectivity index (χ1) is 23.9. The number of carbonyl (C=O) groups excluding carboxylic acids is 1. The maximum atomic E-state index is 14.2. The molecule has 49 heavy (non-hydrogen) atoms. The quantitative estimate of drug-likeness (QED) is 0.0913. The number of pyridine rings is 1. The lowest BCUT2D eigenvalue weighted by Crippen LogP contribution is -2.47. The van der Waals surface area contributed by atoms with E-state index in [1.54, 1.807) is 6.20 Å². The molecule has 0 saturated heterocycles. The molecule has 2 heterocycles. The topological polar surface area (TPSA) is 125 Å². The minimum absolute atomic E-state index is 0.0715. The van der Waals surface area contributed by atoms with Crippen molar-refractivity contribution in [3.63, 3.8) is 0 Å². The number of amides is 2. The molecule has 0 radical (unpaired) electrons. The second-order valence-corrected chi connectivity index (χ2v) is 13.0. The second kappa shape index (κ2) is 14.2. The number of nitrogens with zero attached hydrogens (tertiary/aromatic N) is 4. The summed E-state index contributed by atoms with van der Waals surface area (Å²) in [6, 6.07) is 34.8. The van der Waals surface area contributed by atoms with E-state index >= 15 is 0 Å². The van der Waals surface area contributed by atoms with Gasteiger partial charge in [0.2, 0.25) is 0 Å². The number of fused-ring (bicyclic) bond motifs is 2. The average molecular weight is 651 g/mol. The first-order valence-corrected chi connectivity index (χ1v) is 17.0. The zero-order valence-electron chi connectivity index (χ0n) is 27.8. The summed E-state index contributed by atoms with van der Waals surface area (Å²) in [6.45, 7) is 0.436. The molecule has 4 aromatic carbocycles. The predicted octanol–water partition coefficient (Wildman–Crippen LogP) is 7.33. The molecule has 0 atom stereocenters. The van der Waals surface area contributed by atoms with E-state index in [1.807, 2.05) is 78.7 Å². The van der Waals surface area contributed by atoms with Gasteiger partial charge in [0.15, 0.2) is 0 Å². The van der Waals surface area contributed by atoms with Crippen molar-refractivity contribution in [2.45, 2.75) is 57.2 Å². The van der Waals surface area contributed by atoms with Crippen LogP contribution in [-0.4, -0.2) is 38.5 Å². The van der Waals surface area contributed by atoms with Gasteiger partial charge in [-0.15, -0.1) is 0 Å². The van der Waals surface area contributed by atoms with Gasteiger partial charge in [-0.05, 0) is 84.3 Å². The zero-order valence-corrected chi connectivity index (χ0v) is 27.8. The number of rotatable bonds is 10. The van der Waals surface area contributed by atoms with Gasteiger partial charge in [0.05, 0.1) is 17.6 Å². The first kappa shape index (κ1) is 31.9. The number of nitrogens with one attached hydrogen (secondary N) is 3. The Bertz CT molecular complexity index is 2080. The molecule has 0 bridgehead atoms. The molecule has 1 fully saturated rings. The SMILES string of the molecule is Cn1c(CCc2ccc(C(=N)N)cc2)nc2cc(N(Cc3cccc4ccccc34)C(=O)NC3CCC(Nc4ccccn4)CC3)ccc21. The molecule has 6 aromatic rings. The van der Waals surface area contributed by atoms with Crippen LogP contribution in [0, 0.1) is 5.41 Å². The Morgan fingerprint density at radius 2 is 1.65 bits per heavy atom. The van der Waals surface area contributed by atoms with Crippen molar-refractivity contribution in [2.24, 2.45) is 12.8 Å². The van der Waals surface area contributed by atoms with Crippen LogP contribution in [0.25, 0.3) is 21.8 Å². The molecule has 248 valence electrons. The Hall–Kier alpha value is -5.70. The molecule has 9 nitrogen and oxygen atoms in total. The van der Waals surface area contributed by atoms with E-state index in [0.29, 0.717) is 12.6 Å². The normalized spacial score (nSPS) is 16.0. The number of hydrogen-bond donors (Lipinski definition) is 4. The third kappa shape index (κ3) is 7.26. The van der Waals surface area contributed by atoms with Crippen molar-refractivity contribution in [1.82, 2.24) is 19.9 Å². The number of benzene rings is 4. The van der Waals surface area contributed by atoms with Gasteiger partial charge in [-0.3, -0.25) is 10.3 Å². The molecular formula is C40H42N8O. The fourth-order valence-electron chi connectivity index (χ4n) is 6.91. The van der Waals surface area contributed by atoms with Crippen LogP contribution in [0.3, 0.4) is 0 Å². The lowest BCUT2D eigenvalue weighted by atomic mass is 9.91. The maximum absolute atomic E-state index is 14.2. The van der Waals surface area contributed by atoms with Gasteiger partial charge in [-0.1, -0.05) is 72.8 Å². The van der Waals surface area contributed by atoms with Crippen molar-refractivity contribution in [2.75, 3.05) is 10.2 Å². The average Bonchev–Trinajstić information content (AvgIpc) is 3.45. The van der Waals surface area contributed by atoms with Crippen LogP contribution in [0.15, 0.2) is 109 Å². The first-order valence-electron chi connectivity index (χ1n) is 17.0. The standard InChI is InChI=1S/C40H42N8O/c1-47-36-22-21-33(25-35(36)46-38(47)23-14-27-12-15-29(16-13-27)39(41)42)48(26-30-9-6-8-28-7-2-3-10-34(28)30)40(49)45-32-19-17-31(18-20-32)44-37-11-4-5-24-43-37/h2-13,15-16,21-22,24-25,31-32H,14,17-20,23,26H2,1H3,(H3,41,42)(H,43,44)(H,45,49). The number of amidine groups is 1. The van der Waals surface area contributed by atoms with Crippen LogP contribution >= 0.6 is 0 Å². The molecule has 7 rings (SSSR count). The van der Waals surface area contributed by atoms with Crippen molar-refractivity contribution in [3.05, 3.63) is 132 Å². The van der Waals surface area contributed by atoms with E-state index in [0.717, 1.165) is 94.4 Å². The zero-order chi connectivity index (χ0) is 33.7. The van der Waals surface area contributed by atoms with E-state index in [2.05, 4.69) is 56.6 Å². The van der Waals surface area contributed by atoms with Crippen LogP contribution < -0.4 is 21.3 Å². The smallest absolute Gasteiger partial charge is 0.322 e. The van der Waals surface area contributed by atoms with Gasteiger partial charge in [-0.2, -0.15) is 0 Å². The second-order valence-electron chi connectivity index (χ2n) is 13.0. The largest absolute Gasteiger partial charge is 0.384 e. The number of nitrogen functional groups attached to an aromatic ring is 1. The summed E-state index contributed by atoms with van der Waals surface area (Å²) in [6.07, 6.45) is 7.12. The van der Waals surface area contributed by atoms with Gasteiger partial charge in [0.1, 0.15) is 17.5 Å². The van der Waals surface area contributed by atoms with E-state index in [9.17, 15) is 4.79 Å². The Morgan fingerprint density at radius 1 is 0.898 bits per heavy atom. The monoisotopic (exact) mass is 650 g/mol. The van der Waals surface area contributed by atoms with Crippen molar-refractivity contribution < 1.29 is 4.79 Å². The third-order valence-electron chi connectivity index (χ3n) is 9.70. The maximum Gasteiger partial charge on any atom is 0.322 e. The van der Waals surface area contributed by atoms with E-state index in [4.69, 9.17) is 16.1 Å². The highest BCUT2D eigenvalue weighted by Gasteiger charge is 2.26. The molecule has 1 aliphatic rings. The van der Waals surface area contributed by atoms with Gasteiger partial charge in [-0.25, -0.2) is 14.8 Å². The Labute approximate surface area is 286 Å². The highest BCUT2D eigenvalue weighted by atomic mass is 16.2. The minimum atomic E-state index is -0.0985. The fourth-order valence-corrected chi connectivity index (χ4v) is 6.91.